The normalized spacial score (nSPS) is 22.6. The lowest BCUT2D eigenvalue weighted by Gasteiger charge is -2.43. The summed E-state index contributed by atoms with van der Waals surface area (Å²) in [6.45, 7) is 5.34. The zero-order valence-corrected chi connectivity index (χ0v) is 15.9. The smallest absolute Gasteiger partial charge is 0.251 e. The molecule has 1 heterocycles. The summed E-state index contributed by atoms with van der Waals surface area (Å²) in [6, 6.07) is 3.41. The van der Waals surface area contributed by atoms with Crippen LogP contribution in [0.2, 0.25) is 0 Å². The molecule has 2 atom stereocenters. The Bertz CT molecular complexity index is 579. The number of nitrogens with zero attached hydrogens (tertiary/aromatic N) is 1. The van der Waals surface area contributed by atoms with Gasteiger partial charge in [-0.2, -0.15) is 0 Å². The third-order valence-electron chi connectivity index (χ3n) is 5.23. The lowest BCUT2D eigenvalue weighted by molar-refractivity contribution is -0.126. The van der Waals surface area contributed by atoms with E-state index in [1.165, 1.54) is 0 Å². The van der Waals surface area contributed by atoms with E-state index in [0.717, 1.165) is 38.5 Å². The molecule has 144 valence electrons. The zero-order chi connectivity index (χ0) is 18.8. The highest BCUT2D eigenvalue weighted by molar-refractivity contribution is 5.94. The van der Waals surface area contributed by atoms with Crippen LogP contribution in [0.15, 0.2) is 24.5 Å². The first kappa shape index (κ1) is 20.4. The number of hydrogen-bond acceptors (Lipinski definition) is 4. The molecule has 0 aliphatic heterocycles. The van der Waals surface area contributed by atoms with E-state index in [9.17, 15) is 9.59 Å². The van der Waals surface area contributed by atoms with Crippen LogP contribution in [0.25, 0.3) is 0 Å². The average Bonchev–Trinajstić information content (AvgIpc) is 2.66. The molecular weight excluding hydrogens is 330 g/mol. The van der Waals surface area contributed by atoms with E-state index in [0.29, 0.717) is 24.6 Å². The van der Waals surface area contributed by atoms with E-state index >= 15 is 0 Å². The molecule has 1 aliphatic carbocycles. The van der Waals surface area contributed by atoms with Crippen LogP contribution in [-0.2, 0) is 9.53 Å². The minimum Gasteiger partial charge on any atom is -0.372 e. The highest BCUT2D eigenvalue weighted by Gasteiger charge is 2.39. The maximum absolute atomic E-state index is 12.7. The van der Waals surface area contributed by atoms with E-state index in [-0.39, 0.29) is 18.4 Å². The Hall–Kier alpha value is -1.95. The number of unbranched alkanes of at least 4 members (excludes halogenated alkanes) is 1. The first-order valence-electron chi connectivity index (χ1n) is 9.64. The molecule has 1 aliphatic rings. The summed E-state index contributed by atoms with van der Waals surface area (Å²) >= 11 is 0. The van der Waals surface area contributed by atoms with Gasteiger partial charge in [-0.15, -0.1) is 0 Å². The van der Waals surface area contributed by atoms with Gasteiger partial charge in [0.2, 0.25) is 5.91 Å². The molecule has 1 saturated carbocycles. The summed E-state index contributed by atoms with van der Waals surface area (Å²) in [6.07, 6.45) is 9.33. The number of amides is 2. The SMILES string of the molecule is CCCCOCC(=O)NCC1(NC(=O)c2ccncc2)CCCCC1C. The molecule has 0 saturated heterocycles. The third kappa shape index (κ3) is 5.80. The first-order valence-corrected chi connectivity index (χ1v) is 9.64. The molecule has 0 bridgehead atoms. The molecule has 0 radical (unpaired) electrons. The van der Waals surface area contributed by atoms with Crippen LogP contribution in [-0.4, -0.2) is 42.1 Å². The lowest BCUT2D eigenvalue weighted by Crippen LogP contribution is -2.60. The van der Waals surface area contributed by atoms with Crippen molar-refractivity contribution in [3.8, 4) is 0 Å². The van der Waals surface area contributed by atoms with Crippen LogP contribution in [0.3, 0.4) is 0 Å². The van der Waals surface area contributed by atoms with E-state index in [1.807, 2.05) is 0 Å². The van der Waals surface area contributed by atoms with Crippen molar-refractivity contribution in [1.82, 2.24) is 15.6 Å². The molecule has 0 aromatic carbocycles. The van der Waals surface area contributed by atoms with Gasteiger partial charge >= 0.3 is 0 Å². The Morgan fingerprint density at radius 3 is 2.77 bits per heavy atom. The van der Waals surface area contributed by atoms with Crippen LogP contribution in [0.4, 0.5) is 0 Å². The van der Waals surface area contributed by atoms with Crippen LogP contribution < -0.4 is 10.6 Å². The maximum Gasteiger partial charge on any atom is 0.251 e. The molecule has 26 heavy (non-hydrogen) atoms. The van der Waals surface area contributed by atoms with Gasteiger partial charge in [-0.05, 0) is 37.3 Å². The van der Waals surface area contributed by atoms with Crippen LogP contribution >= 0.6 is 0 Å². The molecule has 0 spiro atoms. The second-order valence-electron chi connectivity index (χ2n) is 7.18. The van der Waals surface area contributed by atoms with Gasteiger partial charge in [0.25, 0.3) is 5.91 Å². The number of ether oxygens (including phenoxy) is 1. The van der Waals surface area contributed by atoms with Crippen molar-refractivity contribution in [3.05, 3.63) is 30.1 Å². The molecule has 2 N–H and O–H groups in total. The van der Waals surface area contributed by atoms with Crippen molar-refractivity contribution in [3.63, 3.8) is 0 Å². The Balaban J connectivity index is 1.96. The summed E-state index contributed by atoms with van der Waals surface area (Å²) in [5, 5.41) is 6.17. The van der Waals surface area contributed by atoms with Crippen molar-refractivity contribution in [2.45, 2.75) is 57.9 Å². The van der Waals surface area contributed by atoms with Crippen LogP contribution in [0, 0.1) is 5.92 Å². The monoisotopic (exact) mass is 361 g/mol. The molecule has 2 rings (SSSR count). The summed E-state index contributed by atoms with van der Waals surface area (Å²) in [5.74, 6) is 0.0503. The number of carbonyl (C=O) groups is 2. The van der Waals surface area contributed by atoms with Crippen LogP contribution in [0.5, 0.6) is 0 Å². The number of carbonyl (C=O) groups excluding carboxylic acids is 2. The van der Waals surface area contributed by atoms with Gasteiger partial charge < -0.3 is 15.4 Å². The molecule has 1 aromatic heterocycles. The number of hydrogen-bond donors (Lipinski definition) is 2. The van der Waals surface area contributed by atoms with Gasteiger partial charge in [0.1, 0.15) is 6.61 Å². The molecule has 2 amide bonds. The summed E-state index contributed by atoms with van der Waals surface area (Å²) in [5.41, 5.74) is 0.170. The van der Waals surface area contributed by atoms with Crippen LogP contribution in [0.1, 0.15) is 62.7 Å². The predicted molar refractivity (Wildman–Crippen MR) is 101 cm³/mol. The molecular formula is C20H31N3O3. The van der Waals surface area contributed by atoms with Crippen molar-refractivity contribution in [2.75, 3.05) is 19.8 Å². The third-order valence-corrected chi connectivity index (χ3v) is 5.23. The highest BCUT2D eigenvalue weighted by Crippen LogP contribution is 2.33. The predicted octanol–water partition coefficient (Wildman–Crippen LogP) is 2.69. The summed E-state index contributed by atoms with van der Waals surface area (Å²) in [4.78, 5) is 28.7. The van der Waals surface area contributed by atoms with Gasteiger partial charge in [0, 0.05) is 31.1 Å². The molecule has 2 unspecified atom stereocenters. The van der Waals surface area contributed by atoms with Gasteiger partial charge in [-0.3, -0.25) is 14.6 Å². The fourth-order valence-corrected chi connectivity index (χ4v) is 3.43. The standard InChI is InChI=1S/C20H31N3O3/c1-3-4-13-26-14-18(24)22-15-20(10-6-5-7-16(20)2)23-19(25)17-8-11-21-12-9-17/h8-9,11-12,16H,3-7,10,13-15H2,1-2H3,(H,22,24)(H,23,25). The van der Waals surface area contributed by atoms with E-state index < -0.39 is 5.54 Å². The quantitative estimate of drug-likeness (QED) is 0.663. The van der Waals surface area contributed by atoms with E-state index in [2.05, 4.69) is 29.5 Å². The fourth-order valence-electron chi connectivity index (χ4n) is 3.43. The topological polar surface area (TPSA) is 80.3 Å². The number of aromatic nitrogens is 1. The van der Waals surface area contributed by atoms with Gasteiger partial charge in [-0.25, -0.2) is 0 Å². The second kappa shape index (κ2) is 10.3. The number of rotatable bonds is 9. The average molecular weight is 361 g/mol. The Labute approximate surface area is 156 Å². The largest absolute Gasteiger partial charge is 0.372 e. The van der Waals surface area contributed by atoms with Gasteiger partial charge in [0.15, 0.2) is 0 Å². The molecule has 6 heteroatoms. The second-order valence-corrected chi connectivity index (χ2v) is 7.18. The molecule has 6 nitrogen and oxygen atoms in total. The van der Waals surface area contributed by atoms with Crippen molar-refractivity contribution >= 4 is 11.8 Å². The summed E-state index contributed by atoms with van der Waals surface area (Å²) < 4.78 is 5.38. The maximum atomic E-state index is 12.7. The summed E-state index contributed by atoms with van der Waals surface area (Å²) in [7, 11) is 0. The Morgan fingerprint density at radius 1 is 1.31 bits per heavy atom. The minimum absolute atomic E-state index is 0.0722. The molecule has 1 aromatic rings. The zero-order valence-electron chi connectivity index (χ0n) is 15.9. The van der Waals surface area contributed by atoms with Crippen molar-refractivity contribution in [1.29, 1.82) is 0 Å². The lowest BCUT2D eigenvalue weighted by atomic mass is 9.73. The number of pyridine rings is 1. The fraction of sp³-hybridized carbons (Fsp3) is 0.650. The number of nitrogens with one attached hydrogen (secondary N) is 2. The van der Waals surface area contributed by atoms with Gasteiger partial charge in [0.05, 0.1) is 5.54 Å². The minimum atomic E-state index is -0.419. The van der Waals surface area contributed by atoms with Crippen molar-refractivity contribution in [2.24, 2.45) is 5.92 Å². The Morgan fingerprint density at radius 2 is 2.08 bits per heavy atom. The first-order chi connectivity index (χ1) is 12.6. The van der Waals surface area contributed by atoms with E-state index in [4.69, 9.17) is 4.74 Å². The Kier molecular flexibility index (Phi) is 8.04. The van der Waals surface area contributed by atoms with E-state index in [1.54, 1.807) is 24.5 Å². The molecule has 1 fully saturated rings. The van der Waals surface area contributed by atoms with Crippen molar-refractivity contribution < 1.29 is 14.3 Å². The highest BCUT2D eigenvalue weighted by atomic mass is 16.5. The van der Waals surface area contributed by atoms with Gasteiger partial charge in [-0.1, -0.05) is 33.1 Å².